The lowest BCUT2D eigenvalue weighted by atomic mass is 10.1. The van der Waals surface area contributed by atoms with Gasteiger partial charge in [0.1, 0.15) is 0 Å². The summed E-state index contributed by atoms with van der Waals surface area (Å²) in [5.41, 5.74) is 5.06. The number of carbonyl (C=O) groups excluding carboxylic acids is 1. The number of thioether (sulfide) groups is 1. The highest BCUT2D eigenvalue weighted by atomic mass is 32.2. The number of carbonyl (C=O) groups is 1. The molecule has 0 aliphatic heterocycles. The molecule has 0 atom stereocenters. The van der Waals surface area contributed by atoms with Crippen LogP contribution in [0.2, 0.25) is 0 Å². The van der Waals surface area contributed by atoms with Crippen LogP contribution in [0.15, 0.2) is 0 Å². The Labute approximate surface area is 101 Å². The van der Waals surface area contributed by atoms with Crippen molar-refractivity contribution in [2.45, 2.75) is 25.7 Å². The Bertz CT molecular complexity index is 252. The normalized spacial score (nSPS) is 17.1. The first-order valence-electron chi connectivity index (χ1n) is 5.20. The molecule has 0 radical (unpaired) electrons. The van der Waals surface area contributed by atoms with Crippen molar-refractivity contribution in [2.24, 2.45) is 11.1 Å². The molecule has 1 fully saturated rings. The summed E-state index contributed by atoms with van der Waals surface area (Å²) in [6, 6.07) is 0. The number of hydrogen-bond donors (Lipinski definition) is 2. The average Bonchev–Trinajstić information content (AvgIpc) is 2.97. The van der Waals surface area contributed by atoms with Gasteiger partial charge >= 0.3 is 0 Å². The van der Waals surface area contributed by atoms with Gasteiger partial charge in [0.25, 0.3) is 0 Å². The molecule has 0 aromatic carbocycles. The van der Waals surface area contributed by atoms with Crippen LogP contribution in [0.25, 0.3) is 0 Å². The lowest BCUT2D eigenvalue weighted by Crippen LogP contribution is -2.39. The smallest absolute Gasteiger partial charge is 0.233 e. The molecule has 0 saturated heterocycles. The second-order valence-electron chi connectivity index (χ2n) is 3.90. The summed E-state index contributed by atoms with van der Waals surface area (Å²) < 4.78 is 0. The van der Waals surface area contributed by atoms with Crippen LogP contribution in [0.4, 0.5) is 0 Å². The zero-order chi connectivity index (χ0) is 11.3. The van der Waals surface area contributed by atoms with E-state index in [0.717, 1.165) is 38.0 Å². The Hall–Kier alpha value is -0.290. The summed E-state index contributed by atoms with van der Waals surface area (Å²) in [6.45, 7) is 0.740. The standard InChI is InChI=1S/C10H18N2OS2/c1-15-7-3-2-6-12-9(13)10(4-5-10)8(11)14/h2-7H2,1H3,(H2,11,14)(H,12,13). The van der Waals surface area contributed by atoms with E-state index in [1.807, 2.05) is 11.8 Å². The molecule has 0 unspecified atom stereocenters. The van der Waals surface area contributed by atoms with Gasteiger partial charge in [0.05, 0.1) is 10.4 Å². The summed E-state index contributed by atoms with van der Waals surface area (Å²) in [5, 5.41) is 2.91. The SMILES string of the molecule is CSCCCCNC(=O)C1(C(N)=S)CC1. The minimum atomic E-state index is -0.491. The number of nitrogens with two attached hydrogens (primary N) is 1. The van der Waals surface area contributed by atoms with Crippen molar-refractivity contribution in [3.63, 3.8) is 0 Å². The molecule has 1 saturated carbocycles. The molecule has 3 nitrogen and oxygen atoms in total. The Morgan fingerprint density at radius 3 is 2.67 bits per heavy atom. The van der Waals surface area contributed by atoms with E-state index < -0.39 is 5.41 Å². The zero-order valence-electron chi connectivity index (χ0n) is 9.04. The van der Waals surface area contributed by atoms with E-state index in [2.05, 4.69) is 11.6 Å². The Kier molecular flexibility index (Phi) is 4.86. The van der Waals surface area contributed by atoms with E-state index in [9.17, 15) is 4.79 Å². The van der Waals surface area contributed by atoms with Gasteiger partial charge in [-0.25, -0.2) is 0 Å². The number of thiocarbonyl (C=S) groups is 1. The van der Waals surface area contributed by atoms with E-state index in [4.69, 9.17) is 18.0 Å². The highest BCUT2D eigenvalue weighted by Gasteiger charge is 2.52. The Morgan fingerprint density at radius 1 is 1.53 bits per heavy atom. The molecule has 0 aromatic heterocycles. The number of hydrogen-bond acceptors (Lipinski definition) is 3. The van der Waals surface area contributed by atoms with Crippen molar-refractivity contribution in [1.29, 1.82) is 0 Å². The summed E-state index contributed by atoms with van der Waals surface area (Å²) in [4.78, 5) is 12.1. The molecule has 1 amide bonds. The minimum absolute atomic E-state index is 0.0270. The Balaban J connectivity index is 2.17. The lowest BCUT2D eigenvalue weighted by molar-refractivity contribution is -0.123. The summed E-state index contributed by atoms with van der Waals surface area (Å²) in [6.07, 6.45) is 5.89. The van der Waals surface area contributed by atoms with Crippen molar-refractivity contribution >= 4 is 34.9 Å². The average molecular weight is 246 g/mol. The Morgan fingerprint density at radius 2 is 2.20 bits per heavy atom. The van der Waals surface area contributed by atoms with Crippen LogP contribution < -0.4 is 11.1 Å². The third-order valence-corrected chi connectivity index (χ3v) is 3.80. The van der Waals surface area contributed by atoms with Crippen molar-refractivity contribution in [1.82, 2.24) is 5.32 Å². The molecule has 1 aliphatic carbocycles. The molecule has 15 heavy (non-hydrogen) atoms. The van der Waals surface area contributed by atoms with Crippen molar-refractivity contribution in [3.8, 4) is 0 Å². The van der Waals surface area contributed by atoms with Gasteiger partial charge in [0.15, 0.2) is 0 Å². The van der Waals surface area contributed by atoms with Gasteiger partial charge in [-0.1, -0.05) is 12.2 Å². The lowest BCUT2D eigenvalue weighted by Gasteiger charge is -2.13. The maximum Gasteiger partial charge on any atom is 0.233 e. The first-order valence-corrected chi connectivity index (χ1v) is 7.01. The van der Waals surface area contributed by atoms with Crippen LogP contribution >= 0.6 is 24.0 Å². The van der Waals surface area contributed by atoms with Crippen LogP contribution in [-0.4, -0.2) is 29.4 Å². The molecule has 1 rings (SSSR count). The molecule has 0 bridgehead atoms. The summed E-state index contributed by atoms with van der Waals surface area (Å²) in [7, 11) is 0. The molecule has 0 aromatic rings. The largest absolute Gasteiger partial charge is 0.392 e. The number of unbranched alkanes of at least 4 members (excludes halogenated alkanes) is 1. The molecular weight excluding hydrogens is 228 g/mol. The summed E-state index contributed by atoms with van der Waals surface area (Å²) >= 11 is 6.73. The van der Waals surface area contributed by atoms with E-state index in [0.29, 0.717) is 4.99 Å². The fourth-order valence-electron chi connectivity index (χ4n) is 1.45. The van der Waals surface area contributed by atoms with Gasteiger partial charge in [-0.15, -0.1) is 0 Å². The maximum absolute atomic E-state index is 11.7. The number of rotatable bonds is 7. The molecular formula is C10H18N2OS2. The van der Waals surface area contributed by atoms with Crippen molar-refractivity contribution in [3.05, 3.63) is 0 Å². The van der Waals surface area contributed by atoms with E-state index in [1.54, 1.807) is 0 Å². The van der Waals surface area contributed by atoms with Gasteiger partial charge in [-0.05, 0) is 37.7 Å². The minimum Gasteiger partial charge on any atom is -0.392 e. The number of nitrogens with one attached hydrogen (secondary N) is 1. The third kappa shape index (κ3) is 3.34. The molecule has 86 valence electrons. The van der Waals surface area contributed by atoms with Crippen LogP contribution in [0.3, 0.4) is 0 Å². The maximum atomic E-state index is 11.7. The van der Waals surface area contributed by atoms with Crippen LogP contribution in [-0.2, 0) is 4.79 Å². The van der Waals surface area contributed by atoms with E-state index >= 15 is 0 Å². The summed E-state index contributed by atoms with van der Waals surface area (Å²) in [5.74, 6) is 1.18. The van der Waals surface area contributed by atoms with Crippen molar-refractivity contribution in [2.75, 3.05) is 18.6 Å². The first kappa shape index (κ1) is 12.8. The quantitative estimate of drug-likeness (QED) is 0.525. The van der Waals surface area contributed by atoms with E-state index in [-0.39, 0.29) is 5.91 Å². The van der Waals surface area contributed by atoms with Gasteiger partial charge in [-0.2, -0.15) is 11.8 Å². The highest BCUT2D eigenvalue weighted by Crippen LogP contribution is 2.46. The predicted molar refractivity (Wildman–Crippen MR) is 69.1 cm³/mol. The van der Waals surface area contributed by atoms with E-state index in [1.165, 1.54) is 0 Å². The zero-order valence-corrected chi connectivity index (χ0v) is 10.7. The number of amides is 1. The molecule has 0 heterocycles. The fourth-order valence-corrected chi connectivity index (χ4v) is 2.24. The second kappa shape index (κ2) is 5.70. The van der Waals surface area contributed by atoms with Gasteiger partial charge in [0, 0.05) is 6.54 Å². The second-order valence-corrected chi connectivity index (χ2v) is 5.33. The van der Waals surface area contributed by atoms with Crippen LogP contribution in [0.5, 0.6) is 0 Å². The third-order valence-electron chi connectivity index (χ3n) is 2.72. The highest BCUT2D eigenvalue weighted by molar-refractivity contribution is 7.98. The topological polar surface area (TPSA) is 55.1 Å². The van der Waals surface area contributed by atoms with Crippen LogP contribution in [0, 0.1) is 5.41 Å². The molecule has 5 heteroatoms. The van der Waals surface area contributed by atoms with Gasteiger partial charge in [0.2, 0.25) is 5.91 Å². The first-order chi connectivity index (χ1) is 7.13. The monoisotopic (exact) mass is 246 g/mol. The predicted octanol–water partition coefficient (Wildman–Crippen LogP) is 1.31. The molecule has 0 spiro atoms. The van der Waals surface area contributed by atoms with Gasteiger partial charge < -0.3 is 11.1 Å². The van der Waals surface area contributed by atoms with Gasteiger partial charge in [-0.3, -0.25) is 4.79 Å². The van der Waals surface area contributed by atoms with Crippen LogP contribution in [0.1, 0.15) is 25.7 Å². The fraction of sp³-hybridized carbons (Fsp3) is 0.800. The molecule has 3 N–H and O–H groups in total. The molecule has 1 aliphatic rings. The van der Waals surface area contributed by atoms with Crippen molar-refractivity contribution < 1.29 is 4.79 Å².